The molecule has 2 N–H and O–H groups in total. The monoisotopic (exact) mass is 295 g/mol. The van der Waals surface area contributed by atoms with Crippen LogP contribution in [0.1, 0.15) is 16.1 Å². The number of pyridine rings is 1. The number of aromatic nitrogens is 2. The molecule has 3 aromatic rings. The van der Waals surface area contributed by atoms with E-state index < -0.39 is 0 Å². The van der Waals surface area contributed by atoms with Crippen LogP contribution in [0.5, 0.6) is 5.75 Å². The van der Waals surface area contributed by atoms with E-state index in [1.54, 1.807) is 31.5 Å². The Kier molecular flexibility index (Phi) is 4.05. The predicted molar refractivity (Wildman–Crippen MR) is 85.1 cm³/mol. The van der Waals surface area contributed by atoms with E-state index in [4.69, 9.17) is 4.74 Å². The highest BCUT2D eigenvalue weighted by Crippen LogP contribution is 2.23. The number of hydrogen-bond acceptors (Lipinski definition) is 3. The number of ether oxygens (including phenoxy) is 1. The molecule has 0 bridgehead atoms. The zero-order valence-electron chi connectivity index (χ0n) is 12.3. The van der Waals surface area contributed by atoms with Gasteiger partial charge in [-0.2, -0.15) is 0 Å². The summed E-state index contributed by atoms with van der Waals surface area (Å²) in [6, 6.07) is 11.2. The van der Waals surface area contributed by atoms with Crippen LogP contribution < -0.4 is 10.1 Å². The van der Waals surface area contributed by atoms with E-state index in [1.807, 2.05) is 24.4 Å². The molecule has 0 aliphatic rings. The van der Waals surface area contributed by atoms with Crippen molar-refractivity contribution in [1.82, 2.24) is 15.3 Å². The third kappa shape index (κ3) is 2.93. The van der Waals surface area contributed by atoms with Crippen LogP contribution in [-0.2, 0) is 6.42 Å². The van der Waals surface area contributed by atoms with Gasteiger partial charge in [0, 0.05) is 29.8 Å². The minimum atomic E-state index is -0.155. The second-order valence-electron chi connectivity index (χ2n) is 4.95. The van der Waals surface area contributed by atoms with Crippen molar-refractivity contribution in [3.8, 4) is 5.75 Å². The maximum Gasteiger partial charge on any atom is 0.269 e. The van der Waals surface area contributed by atoms with Crippen molar-refractivity contribution in [1.29, 1.82) is 0 Å². The van der Waals surface area contributed by atoms with Crippen LogP contribution in [0, 0.1) is 0 Å². The van der Waals surface area contributed by atoms with Crippen LogP contribution in [0.25, 0.3) is 10.9 Å². The second-order valence-corrected chi connectivity index (χ2v) is 4.95. The maximum atomic E-state index is 11.9. The number of nitrogens with zero attached hydrogens (tertiary/aromatic N) is 1. The van der Waals surface area contributed by atoms with Crippen molar-refractivity contribution in [2.75, 3.05) is 13.7 Å². The van der Waals surface area contributed by atoms with Crippen LogP contribution in [0.15, 0.2) is 48.8 Å². The lowest BCUT2D eigenvalue weighted by molar-refractivity contribution is 0.0949. The first-order valence-electron chi connectivity index (χ1n) is 7.11. The number of nitrogens with one attached hydrogen (secondary N) is 2. The quantitative estimate of drug-likeness (QED) is 0.760. The van der Waals surface area contributed by atoms with E-state index in [1.165, 1.54) is 0 Å². The Balaban J connectivity index is 1.65. The number of H-pyrrole nitrogens is 1. The third-order valence-corrected chi connectivity index (χ3v) is 3.55. The molecule has 0 aliphatic carbocycles. The van der Waals surface area contributed by atoms with E-state index in [-0.39, 0.29) is 5.91 Å². The summed E-state index contributed by atoms with van der Waals surface area (Å²) >= 11 is 0. The predicted octanol–water partition coefficient (Wildman–Crippen LogP) is 2.54. The van der Waals surface area contributed by atoms with E-state index in [9.17, 15) is 4.79 Å². The molecular formula is C17H17N3O2. The summed E-state index contributed by atoms with van der Waals surface area (Å²) in [6.45, 7) is 0.555. The van der Waals surface area contributed by atoms with Gasteiger partial charge in [0.1, 0.15) is 11.4 Å². The van der Waals surface area contributed by atoms with E-state index in [2.05, 4.69) is 15.3 Å². The molecule has 0 spiro atoms. The van der Waals surface area contributed by atoms with Crippen LogP contribution in [0.2, 0.25) is 0 Å². The van der Waals surface area contributed by atoms with Crippen molar-refractivity contribution in [2.45, 2.75) is 6.42 Å². The SMILES string of the molecule is COc1ccc2[nH]cc(CCNC(=O)c3ccccn3)c2c1. The molecule has 1 aromatic carbocycles. The Hall–Kier alpha value is -2.82. The van der Waals surface area contributed by atoms with Gasteiger partial charge in [-0.05, 0) is 42.3 Å². The van der Waals surface area contributed by atoms with Crippen molar-refractivity contribution >= 4 is 16.8 Å². The molecule has 0 unspecified atom stereocenters. The highest BCUT2D eigenvalue weighted by molar-refractivity contribution is 5.92. The van der Waals surface area contributed by atoms with E-state index in [0.29, 0.717) is 12.2 Å². The molecular weight excluding hydrogens is 278 g/mol. The van der Waals surface area contributed by atoms with Crippen LogP contribution in [0.4, 0.5) is 0 Å². The maximum absolute atomic E-state index is 11.9. The Morgan fingerprint density at radius 3 is 3.00 bits per heavy atom. The van der Waals surface area contributed by atoms with Gasteiger partial charge in [-0.3, -0.25) is 9.78 Å². The average Bonchev–Trinajstić information content (AvgIpc) is 2.98. The molecule has 0 fully saturated rings. The zero-order chi connectivity index (χ0) is 15.4. The smallest absolute Gasteiger partial charge is 0.269 e. The van der Waals surface area contributed by atoms with Crippen molar-refractivity contribution in [3.05, 3.63) is 60.0 Å². The molecule has 2 heterocycles. The zero-order valence-corrected chi connectivity index (χ0v) is 12.3. The van der Waals surface area contributed by atoms with Crippen LogP contribution in [-0.4, -0.2) is 29.5 Å². The number of benzene rings is 1. The van der Waals surface area contributed by atoms with Gasteiger partial charge in [-0.1, -0.05) is 6.07 Å². The fourth-order valence-electron chi connectivity index (χ4n) is 2.39. The number of rotatable bonds is 5. The molecule has 0 atom stereocenters. The number of hydrogen-bond donors (Lipinski definition) is 2. The van der Waals surface area contributed by atoms with Gasteiger partial charge in [0.2, 0.25) is 0 Å². The molecule has 5 nitrogen and oxygen atoms in total. The Bertz CT molecular complexity index is 781. The molecule has 2 aromatic heterocycles. The molecule has 0 aliphatic heterocycles. The third-order valence-electron chi connectivity index (χ3n) is 3.55. The molecule has 0 saturated carbocycles. The Morgan fingerprint density at radius 1 is 1.32 bits per heavy atom. The summed E-state index contributed by atoms with van der Waals surface area (Å²) in [4.78, 5) is 19.2. The molecule has 112 valence electrons. The van der Waals surface area contributed by atoms with Crippen molar-refractivity contribution in [2.24, 2.45) is 0 Å². The average molecular weight is 295 g/mol. The topological polar surface area (TPSA) is 67.0 Å². The first-order chi connectivity index (χ1) is 10.8. The summed E-state index contributed by atoms with van der Waals surface area (Å²) in [5.41, 5.74) is 2.64. The van der Waals surface area contributed by atoms with E-state index >= 15 is 0 Å². The van der Waals surface area contributed by atoms with Crippen LogP contribution >= 0.6 is 0 Å². The van der Waals surface area contributed by atoms with Gasteiger partial charge in [-0.15, -0.1) is 0 Å². The minimum Gasteiger partial charge on any atom is -0.497 e. The van der Waals surface area contributed by atoms with Gasteiger partial charge in [0.25, 0.3) is 5.91 Å². The first-order valence-corrected chi connectivity index (χ1v) is 7.11. The molecule has 3 rings (SSSR count). The summed E-state index contributed by atoms with van der Waals surface area (Å²) in [5, 5.41) is 4.00. The number of amides is 1. The second kappa shape index (κ2) is 6.30. The number of methoxy groups -OCH3 is 1. The van der Waals surface area contributed by atoms with Gasteiger partial charge >= 0.3 is 0 Å². The summed E-state index contributed by atoms with van der Waals surface area (Å²) in [6.07, 6.45) is 4.32. The lowest BCUT2D eigenvalue weighted by Crippen LogP contribution is -2.26. The number of carbonyl (C=O) groups is 1. The summed E-state index contributed by atoms with van der Waals surface area (Å²) < 4.78 is 5.26. The Morgan fingerprint density at radius 2 is 2.23 bits per heavy atom. The van der Waals surface area contributed by atoms with Gasteiger partial charge < -0.3 is 15.0 Å². The molecule has 1 amide bonds. The highest BCUT2D eigenvalue weighted by atomic mass is 16.5. The van der Waals surface area contributed by atoms with Gasteiger partial charge in [0.05, 0.1) is 7.11 Å². The summed E-state index contributed by atoms with van der Waals surface area (Å²) in [7, 11) is 1.65. The van der Waals surface area contributed by atoms with Crippen LogP contribution in [0.3, 0.4) is 0 Å². The number of aromatic amines is 1. The standard InChI is InChI=1S/C17H17N3O2/c1-22-13-5-6-15-14(10-13)12(11-20-15)7-9-19-17(21)16-4-2-3-8-18-16/h2-6,8,10-11,20H,7,9H2,1H3,(H,19,21). The molecule has 5 heteroatoms. The lowest BCUT2D eigenvalue weighted by Gasteiger charge is -2.05. The first kappa shape index (κ1) is 14.1. The van der Waals surface area contributed by atoms with Gasteiger partial charge in [-0.25, -0.2) is 0 Å². The van der Waals surface area contributed by atoms with E-state index in [0.717, 1.165) is 28.6 Å². The Labute approximate surface area is 128 Å². The largest absolute Gasteiger partial charge is 0.497 e. The number of carbonyl (C=O) groups excluding carboxylic acids is 1. The van der Waals surface area contributed by atoms with Gasteiger partial charge in [0.15, 0.2) is 0 Å². The summed E-state index contributed by atoms with van der Waals surface area (Å²) in [5.74, 6) is 0.670. The normalized spacial score (nSPS) is 10.6. The molecule has 0 radical (unpaired) electrons. The molecule has 22 heavy (non-hydrogen) atoms. The van der Waals surface area contributed by atoms with Crippen molar-refractivity contribution < 1.29 is 9.53 Å². The fourth-order valence-corrected chi connectivity index (χ4v) is 2.39. The lowest BCUT2D eigenvalue weighted by atomic mass is 10.1. The minimum absolute atomic E-state index is 0.155. The highest BCUT2D eigenvalue weighted by Gasteiger charge is 2.08. The fraction of sp³-hybridized carbons (Fsp3) is 0.176. The number of fused-ring (bicyclic) bond motifs is 1. The van der Waals surface area contributed by atoms with Crippen molar-refractivity contribution in [3.63, 3.8) is 0 Å². The molecule has 0 saturated heterocycles.